The van der Waals surface area contributed by atoms with E-state index < -0.39 is 11.8 Å². The molecule has 3 nitrogen and oxygen atoms in total. The average molecular weight is 223 g/mol. The third-order valence-electron chi connectivity index (χ3n) is 1.81. The number of hydrogen-bond donors (Lipinski definition) is 1. The van der Waals surface area contributed by atoms with Crippen molar-refractivity contribution in [3.05, 3.63) is 35.7 Å². The van der Waals surface area contributed by atoms with Gasteiger partial charge in [0, 0.05) is 11.6 Å². The number of nitrogens with two attached hydrogens (primary N) is 1. The molecule has 0 aromatic heterocycles. The number of carbonyl (C=O) groups is 1. The van der Waals surface area contributed by atoms with Gasteiger partial charge in [-0.2, -0.15) is 0 Å². The number of rotatable bonds is 3. The van der Waals surface area contributed by atoms with Gasteiger partial charge >= 0.3 is 5.97 Å². The van der Waals surface area contributed by atoms with Gasteiger partial charge in [0.2, 0.25) is 0 Å². The van der Waals surface area contributed by atoms with Crippen LogP contribution < -0.4 is 5.73 Å². The fraction of sp³-hybridized carbons (Fsp3) is 0.250. The molecule has 16 heavy (non-hydrogen) atoms. The number of anilines is 1. The van der Waals surface area contributed by atoms with Crippen molar-refractivity contribution >= 4 is 17.7 Å². The minimum atomic E-state index is -0.531. The Morgan fingerprint density at radius 3 is 2.81 bits per heavy atom. The maximum atomic E-state index is 13.4. The normalized spacial score (nSPS) is 11.0. The van der Waals surface area contributed by atoms with Crippen molar-refractivity contribution in [3.63, 3.8) is 0 Å². The molecule has 0 aliphatic carbocycles. The number of hydrogen-bond acceptors (Lipinski definition) is 3. The van der Waals surface area contributed by atoms with E-state index in [1.807, 2.05) is 0 Å². The number of nitrogen functional groups attached to an aromatic ring is 1. The summed E-state index contributed by atoms with van der Waals surface area (Å²) in [6, 6.07) is 4.61. The summed E-state index contributed by atoms with van der Waals surface area (Å²) in [6.07, 6.45) is 2.33. The van der Waals surface area contributed by atoms with Crippen LogP contribution in [0.25, 0.3) is 6.08 Å². The molecule has 0 aliphatic heterocycles. The molecule has 0 saturated heterocycles. The first kappa shape index (κ1) is 12.2. The highest BCUT2D eigenvalue weighted by atomic mass is 19.1. The number of carbonyl (C=O) groups excluding carboxylic acids is 1. The molecule has 1 rings (SSSR count). The Morgan fingerprint density at radius 2 is 2.19 bits per heavy atom. The summed E-state index contributed by atoms with van der Waals surface area (Å²) < 4.78 is 18.2. The second kappa shape index (κ2) is 5.30. The largest absolute Gasteiger partial charge is 0.460 e. The van der Waals surface area contributed by atoms with Gasteiger partial charge in [-0.3, -0.25) is 0 Å². The van der Waals surface area contributed by atoms with Gasteiger partial charge in [0.1, 0.15) is 0 Å². The van der Waals surface area contributed by atoms with Crippen LogP contribution in [-0.4, -0.2) is 12.1 Å². The predicted octanol–water partition coefficient (Wildman–Crippen LogP) is 2.37. The van der Waals surface area contributed by atoms with Crippen LogP contribution in [0.5, 0.6) is 0 Å². The molecular formula is C12H14FNO2. The van der Waals surface area contributed by atoms with Gasteiger partial charge in [-0.15, -0.1) is 0 Å². The molecule has 1 aromatic carbocycles. The van der Waals surface area contributed by atoms with Gasteiger partial charge < -0.3 is 10.5 Å². The van der Waals surface area contributed by atoms with Crippen LogP contribution in [0.2, 0.25) is 0 Å². The van der Waals surface area contributed by atoms with Crippen LogP contribution in [0.4, 0.5) is 10.1 Å². The van der Waals surface area contributed by atoms with Crippen LogP contribution >= 0.6 is 0 Å². The van der Waals surface area contributed by atoms with Crippen molar-refractivity contribution in [3.8, 4) is 0 Å². The Morgan fingerprint density at radius 1 is 1.50 bits per heavy atom. The van der Waals surface area contributed by atoms with Crippen molar-refractivity contribution < 1.29 is 13.9 Å². The first-order valence-corrected chi connectivity index (χ1v) is 4.93. The quantitative estimate of drug-likeness (QED) is 0.486. The van der Waals surface area contributed by atoms with E-state index in [-0.39, 0.29) is 17.4 Å². The lowest BCUT2D eigenvalue weighted by Crippen LogP contribution is -2.08. The third-order valence-corrected chi connectivity index (χ3v) is 1.81. The van der Waals surface area contributed by atoms with Crippen LogP contribution in [0.1, 0.15) is 19.4 Å². The molecule has 4 heteroatoms. The Balaban J connectivity index is 2.77. The van der Waals surface area contributed by atoms with Crippen LogP contribution in [0.3, 0.4) is 0 Å². The van der Waals surface area contributed by atoms with E-state index in [1.165, 1.54) is 24.3 Å². The van der Waals surface area contributed by atoms with Crippen LogP contribution in [-0.2, 0) is 9.53 Å². The predicted molar refractivity (Wildman–Crippen MR) is 61.1 cm³/mol. The zero-order chi connectivity index (χ0) is 12.1. The topological polar surface area (TPSA) is 52.3 Å². The molecule has 0 unspecified atom stereocenters. The van der Waals surface area contributed by atoms with E-state index in [1.54, 1.807) is 19.9 Å². The number of ether oxygens (including phenoxy) is 1. The maximum Gasteiger partial charge on any atom is 0.331 e. The summed E-state index contributed by atoms with van der Waals surface area (Å²) in [5.74, 6) is -1.03. The first-order valence-electron chi connectivity index (χ1n) is 4.93. The maximum absolute atomic E-state index is 13.4. The molecular weight excluding hydrogens is 209 g/mol. The van der Waals surface area contributed by atoms with E-state index >= 15 is 0 Å². The molecule has 0 saturated carbocycles. The highest BCUT2D eigenvalue weighted by Crippen LogP contribution is 2.15. The lowest BCUT2D eigenvalue weighted by atomic mass is 10.1. The van der Waals surface area contributed by atoms with Crippen LogP contribution in [0.15, 0.2) is 24.3 Å². The van der Waals surface area contributed by atoms with E-state index in [4.69, 9.17) is 10.5 Å². The monoisotopic (exact) mass is 223 g/mol. The minimum Gasteiger partial charge on any atom is -0.460 e. The highest BCUT2D eigenvalue weighted by molar-refractivity contribution is 5.87. The third kappa shape index (κ3) is 3.38. The van der Waals surface area contributed by atoms with Crippen molar-refractivity contribution in [2.45, 2.75) is 20.0 Å². The molecule has 1 aromatic rings. The molecule has 0 heterocycles. The van der Waals surface area contributed by atoms with Gasteiger partial charge in [-0.05, 0) is 26.0 Å². The van der Waals surface area contributed by atoms with E-state index in [2.05, 4.69) is 0 Å². The fourth-order valence-corrected chi connectivity index (χ4v) is 1.13. The lowest BCUT2D eigenvalue weighted by Gasteiger charge is -2.04. The standard InChI is InChI=1S/C12H14FNO2/c1-8(2)16-11(15)7-6-9-4-3-5-10(14)12(9)13/h3-8H,14H2,1-2H3/b7-6+. The number of halogens is 1. The van der Waals surface area contributed by atoms with Gasteiger partial charge in [0.25, 0.3) is 0 Å². The SMILES string of the molecule is CC(C)OC(=O)/C=C/c1cccc(N)c1F. The first-order chi connectivity index (χ1) is 7.50. The number of esters is 1. The van der Waals surface area contributed by atoms with Gasteiger partial charge in [-0.1, -0.05) is 12.1 Å². The molecule has 0 atom stereocenters. The van der Waals surface area contributed by atoms with Crippen molar-refractivity contribution in [1.29, 1.82) is 0 Å². The summed E-state index contributed by atoms with van der Waals surface area (Å²) in [5.41, 5.74) is 5.70. The second-order valence-electron chi connectivity index (χ2n) is 3.57. The Kier molecular flexibility index (Phi) is 4.05. The van der Waals surface area contributed by atoms with Crippen LogP contribution in [0, 0.1) is 5.82 Å². The van der Waals surface area contributed by atoms with E-state index in [9.17, 15) is 9.18 Å². The summed E-state index contributed by atoms with van der Waals surface area (Å²) in [7, 11) is 0. The van der Waals surface area contributed by atoms with E-state index in [0.717, 1.165) is 0 Å². The van der Waals surface area contributed by atoms with Gasteiger partial charge in [0.15, 0.2) is 5.82 Å². The Labute approximate surface area is 93.7 Å². The summed E-state index contributed by atoms with van der Waals surface area (Å²) in [4.78, 5) is 11.2. The second-order valence-corrected chi connectivity index (χ2v) is 3.57. The van der Waals surface area contributed by atoms with E-state index in [0.29, 0.717) is 0 Å². The molecule has 0 aliphatic rings. The summed E-state index contributed by atoms with van der Waals surface area (Å²) >= 11 is 0. The van der Waals surface area contributed by atoms with Gasteiger partial charge in [-0.25, -0.2) is 9.18 Å². The Bertz CT molecular complexity index is 413. The Hall–Kier alpha value is -1.84. The minimum absolute atomic E-state index is 0.0550. The molecule has 0 spiro atoms. The average Bonchev–Trinajstić information content (AvgIpc) is 2.19. The molecule has 0 radical (unpaired) electrons. The molecule has 2 N–H and O–H groups in total. The molecule has 0 fully saturated rings. The van der Waals surface area contributed by atoms with Crippen molar-refractivity contribution in [1.82, 2.24) is 0 Å². The summed E-state index contributed by atoms with van der Waals surface area (Å²) in [5, 5.41) is 0. The summed E-state index contributed by atoms with van der Waals surface area (Å²) in [6.45, 7) is 3.49. The number of benzene rings is 1. The highest BCUT2D eigenvalue weighted by Gasteiger charge is 2.04. The van der Waals surface area contributed by atoms with Crippen molar-refractivity contribution in [2.75, 3.05) is 5.73 Å². The molecule has 86 valence electrons. The van der Waals surface area contributed by atoms with Crippen molar-refractivity contribution in [2.24, 2.45) is 0 Å². The lowest BCUT2D eigenvalue weighted by molar-refractivity contribution is -0.141. The van der Waals surface area contributed by atoms with Gasteiger partial charge in [0.05, 0.1) is 11.8 Å². The smallest absolute Gasteiger partial charge is 0.331 e. The zero-order valence-electron chi connectivity index (χ0n) is 9.24. The molecule has 0 bridgehead atoms. The zero-order valence-corrected chi connectivity index (χ0v) is 9.24. The fourth-order valence-electron chi connectivity index (χ4n) is 1.13. The molecule has 0 amide bonds.